The molecule has 0 bridgehead atoms. The standard InChI is InChI=1S/C20H21N3O3S/c1-14-3-8-18(27-14)13-23-20(24)22-12-15-9-10-21-19(11-15)26-17-6-4-16(25-2)5-7-17/h3-11H,12-13H2,1-2H3,(H2,22,23,24). The van der Waals surface area contributed by atoms with Crippen LogP contribution in [0.15, 0.2) is 54.7 Å². The third-order valence-electron chi connectivity index (χ3n) is 3.75. The van der Waals surface area contributed by atoms with Crippen molar-refractivity contribution >= 4 is 17.4 Å². The van der Waals surface area contributed by atoms with Gasteiger partial charge in [-0.3, -0.25) is 0 Å². The Morgan fingerprint density at radius 2 is 1.78 bits per heavy atom. The van der Waals surface area contributed by atoms with Crippen LogP contribution in [0.5, 0.6) is 17.4 Å². The van der Waals surface area contributed by atoms with Crippen molar-refractivity contribution in [2.45, 2.75) is 20.0 Å². The Morgan fingerprint density at radius 3 is 2.48 bits per heavy atom. The number of benzene rings is 1. The normalized spacial score (nSPS) is 10.3. The number of hydrogen-bond donors (Lipinski definition) is 2. The lowest BCUT2D eigenvalue weighted by Gasteiger charge is -2.09. The molecule has 0 saturated carbocycles. The number of carbonyl (C=O) groups excluding carboxylic acids is 1. The lowest BCUT2D eigenvalue weighted by molar-refractivity contribution is 0.240. The second kappa shape index (κ2) is 9.05. The van der Waals surface area contributed by atoms with Gasteiger partial charge < -0.3 is 20.1 Å². The maximum absolute atomic E-state index is 12.0. The molecule has 0 saturated heterocycles. The molecule has 0 aliphatic carbocycles. The molecule has 140 valence electrons. The van der Waals surface area contributed by atoms with Crippen LogP contribution in [0.3, 0.4) is 0 Å². The van der Waals surface area contributed by atoms with Gasteiger partial charge in [0.05, 0.1) is 13.7 Å². The zero-order valence-electron chi connectivity index (χ0n) is 15.2. The van der Waals surface area contributed by atoms with E-state index in [-0.39, 0.29) is 6.03 Å². The first-order valence-corrected chi connectivity index (χ1v) is 9.28. The summed E-state index contributed by atoms with van der Waals surface area (Å²) in [5.74, 6) is 1.89. The Balaban J connectivity index is 1.50. The van der Waals surface area contributed by atoms with Crippen molar-refractivity contribution in [1.82, 2.24) is 15.6 Å². The number of nitrogens with zero attached hydrogens (tertiary/aromatic N) is 1. The molecule has 0 aliphatic heterocycles. The van der Waals surface area contributed by atoms with Crippen LogP contribution in [0.2, 0.25) is 0 Å². The Labute approximate surface area is 162 Å². The summed E-state index contributed by atoms with van der Waals surface area (Å²) in [5, 5.41) is 5.69. The molecule has 0 aliphatic rings. The summed E-state index contributed by atoms with van der Waals surface area (Å²) in [6, 6.07) is 14.7. The predicted octanol–water partition coefficient (Wildman–Crippen LogP) is 4.25. The minimum Gasteiger partial charge on any atom is -0.497 e. The van der Waals surface area contributed by atoms with Crippen LogP contribution in [0.25, 0.3) is 0 Å². The number of pyridine rings is 1. The van der Waals surface area contributed by atoms with E-state index in [2.05, 4.69) is 15.6 Å². The maximum Gasteiger partial charge on any atom is 0.315 e. The molecule has 2 N–H and O–H groups in total. The number of hydrogen-bond acceptors (Lipinski definition) is 5. The van der Waals surface area contributed by atoms with E-state index in [9.17, 15) is 4.79 Å². The van der Waals surface area contributed by atoms with Crippen molar-refractivity contribution in [2.24, 2.45) is 0 Å². The van der Waals surface area contributed by atoms with E-state index in [0.29, 0.717) is 24.7 Å². The van der Waals surface area contributed by atoms with Gasteiger partial charge in [-0.05, 0) is 55.0 Å². The molecule has 2 heterocycles. The van der Waals surface area contributed by atoms with Gasteiger partial charge in [-0.25, -0.2) is 9.78 Å². The van der Waals surface area contributed by atoms with E-state index in [1.807, 2.05) is 49.4 Å². The van der Waals surface area contributed by atoms with E-state index in [4.69, 9.17) is 9.47 Å². The topological polar surface area (TPSA) is 72.5 Å². The Kier molecular flexibility index (Phi) is 6.27. The van der Waals surface area contributed by atoms with E-state index >= 15 is 0 Å². The Morgan fingerprint density at radius 1 is 1.04 bits per heavy atom. The SMILES string of the molecule is COc1ccc(Oc2cc(CNC(=O)NCc3ccc(C)s3)ccn2)cc1. The quantitative estimate of drug-likeness (QED) is 0.640. The molecule has 7 heteroatoms. The molecular formula is C20H21N3O3S. The summed E-state index contributed by atoms with van der Waals surface area (Å²) in [5.41, 5.74) is 0.899. The molecule has 2 aromatic heterocycles. The Hall–Kier alpha value is -3.06. The maximum atomic E-state index is 12.0. The molecule has 3 aromatic rings. The van der Waals surface area contributed by atoms with Crippen LogP contribution in [0.4, 0.5) is 4.79 Å². The van der Waals surface area contributed by atoms with Gasteiger partial charge >= 0.3 is 6.03 Å². The second-order valence-electron chi connectivity index (χ2n) is 5.83. The number of rotatable bonds is 7. The largest absolute Gasteiger partial charge is 0.497 e. The van der Waals surface area contributed by atoms with Crippen LogP contribution in [0, 0.1) is 6.92 Å². The molecule has 6 nitrogen and oxygen atoms in total. The molecule has 0 radical (unpaired) electrons. The molecule has 0 fully saturated rings. The third kappa shape index (κ3) is 5.72. The van der Waals surface area contributed by atoms with E-state index in [1.165, 1.54) is 4.88 Å². The lowest BCUT2D eigenvalue weighted by Crippen LogP contribution is -2.34. The highest BCUT2D eigenvalue weighted by Gasteiger charge is 2.05. The van der Waals surface area contributed by atoms with E-state index in [0.717, 1.165) is 16.2 Å². The van der Waals surface area contributed by atoms with E-state index in [1.54, 1.807) is 30.7 Å². The summed E-state index contributed by atoms with van der Waals surface area (Å²) in [6.07, 6.45) is 1.65. The third-order valence-corrected chi connectivity index (χ3v) is 4.75. The molecule has 27 heavy (non-hydrogen) atoms. The number of ether oxygens (including phenoxy) is 2. The van der Waals surface area contributed by atoms with Crippen LogP contribution in [-0.2, 0) is 13.1 Å². The predicted molar refractivity (Wildman–Crippen MR) is 105 cm³/mol. The average molecular weight is 383 g/mol. The van der Waals surface area contributed by atoms with Crippen molar-refractivity contribution < 1.29 is 14.3 Å². The van der Waals surface area contributed by atoms with Gasteiger partial charge in [0.25, 0.3) is 0 Å². The first kappa shape index (κ1) is 18.7. The fraction of sp³-hybridized carbons (Fsp3) is 0.200. The van der Waals surface area contributed by atoms with Crippen LogP contribution >= 0.6 is 11.3 Å². The van der Waals surface area contributed by atoms with Gasteiger partial charge in [0.1, 0.15) is 11.5 Å². The summed E-state index contributed by atoms with van der Waals surface area (Å²) in [6.45, 7) is 2.95. The van der Waals surface area contributed by atoms with Gasteiger partial charge in [-0.1, -0.05) is 0 Å². The molecule has 2 amide bonds. The van der Waals surface area contributed by atoms with Crippen LogP contribution in [-0.4, -0.2) is 18.1 Å². The van der Waals surface area contributed by atoms with Crippen LogP contribution in [0.1, 0.15) is 15.3 Å². The fourth-order valence-corrected chi connectivity index (χ4v) is 3.20. The number of methoxy groups -OCH3 is 1. The zero-order chi connectivity index (χ0) is 19.1. The second-order valence-corrected chi connectivity index (χ2v) is 7.20. The van der Waals surface area contributed by atoms with Gasteiger partial charge in [0, 0.05) is 28.6 Å². The van der Waals surface area contributed by atoms with E-state index < -0.39 is 0 Å². The minimum atomic E-state index is -0.213. The summed E-state index contributed by atoms with van der Waals surface area (Å²) in [7, 11) is 1.62. The molecule has 0 atom stereocenters. The van der Waals surface area contributed by atoms with Gasteiger partial charge in [0.2, 0.25) is 5.88 Å². The first-order chi connectivity index (χ1) is 13.1. The highest BCUT2D eigenvalue weighted by atomic mass is 32.1. The summed E-state index contributed by atoms with van der Waals surface area (Å²) in [4.78, 5) is 18.5. The average Bonchev–Trinajstić information content (AvgIpc) is 3.11. The monoisotopic (exact) mass is 383 g/mol. The van der Waals surface area contributed by atoms with Crippen LogP contribution < -0.4 is 20.1 Å². The van der Waals surface area contributed by atoms with Crippen molar-refractivity contribution in [1.29, 1.82) is 0 Å². The Bertz CT molecular complexity index is 893. The van der Waals surface area contributed by atoms with Crippen molar-refractivity contribution in [3.05, 3.63) is 70.0 Å². The van der Waals surface area contributed by atoms with Gasteiger partial charge in [-0.2, -0.15) is 0 Å². The lowest BCUT2D eigenvalue weighted by atomic mass is 10.2. The zero-order valence-corrected chi connectivity index (χ0v) is 16.0. The highest BCUT2D eigenvalue weighted by molar-refractivity contribution is 7.11. The highest BCUT2D eigenvalue weighted by Crippen LogP contribution is 2.22. The number of aryl methyl sites for hydroxylation is 1. The number of carbonyl (C=O) groups is 1. The number of amides is 2. The molecular weight excluding hydrogens is 362 g/mol. The van der Waals surface area contributed by atoms with Gasteiger partial charge in [0.15, 0.2) is 0 Å². The fourth-order valence-electron chi connectivity index (χ4n) is 2.37. The first-order valence-electron chi connectivity index (χ1n) is 8.46. The van der Waals surface area contributed by atoms with Crippen molar-refractivity contribution in [2.75, 3.05) is 7.11 Å². The summed E-state index contributed by atoms with van der Waals surface area (Å²) >= 11 is 1.67. The minimum absolute atomic E-state index is 0.213. The van der Waals surface area contributed by atoms with Crippen molar-refractivity contribution in [3.8, 4) is 17.4 Å². The summed E-state index contributed by atoms with van der Waals surface area (Å²) < 4.78 is 10.9. The smallest absolute Gasteiger partial charge is 0.315 e. The number of aromatic nitrogens is 1. The molecule has 1 aromatic carbocycles. The number of nitrogens with one attached hydrogen (secondary N) is 2. The molecule has 0 unspecified atom stereocenters. The number of urea groups is 1. The molecule has 3 rings (SSSR count). The molecule has 0 spiro atoms. The van der Waals surface area contributed by atoms with Gasteiger partial charge in [-0.15, -0.1) is 11.3 Å². The number of thiophene rings is 1. The van der Waals surface area contributed by atoms with Crippen molar-refractivity contribution in [3.63, 3.8) is 0 Å².